The third kappa shape index (κ3) is 3.11. The predicted molar refractivity (Wildman–Crippen MR) is 103 cm³/mol. The van der Waals surface area contributed by atoms with Gasteiger partial charge in [-0.2, -0.15) is 0 Å². The second-order valence-electron chi connectivity index (χ2n) is 6.14. The number of halogens is 2. The molecular formula is C19H15FIN3O2. The monoisotopic (exact) mass is 463 g/mol. The summed E-state index contributed by atoms with van der Waals surface area (Å²) in [6.07, 6.45) is 6.01. The number of imidazole rings is 1. The van der Waals surface area contributed by atoms with E-state index in [0.717, 1.165) is 22.6 Å². The van der Waals surface area contributed by atoms with E-state index in [-0.39, 0.29) is 11.7 Å². The minimum Gasteiger partial charge on any atom is -0.488 e. The molecule has 2 aromatic heterocycles. The first-order valence-corrected chi connectivity index (χ1v) is 9.28. The van der Waals surface area contributed by atoms with Crippen LogP contribution < -0.4 is 4.74 Å². The first-order valence-electron chi connectivity index (χ1n) is 8.20. The predicted octanol–water partition coefficient (Wildman–Crippen LogP) is 4.15. The molecule has 5 nitrogen and oxygen atoms in total. The zero-order valence-corrected chi connectivity index (χ0v) is 15.9. The number of aromatic nitrogens is 3. The van der Waals surface area contributed by atoms with E-state index in [9.17, 15) is 9.18 Å². The molecule has 0 saturated heterocycles. The lowest BCUT2D eigenvalue weighted by atomic mass is 10.0. The average Bonchev–Trinajstić information content (AvgIpc) is 3.41. The molecule has 7 heteroatoms. The summed E-state index contributed by atoms with van der Waals surface area (Å²) in [6, 6.07) is 5.24. The minimum atomic E-state index is -0.506. The highest BCUT2D eigenvalue weighted by Gasteiger charge is 2.33. The maximum absolute atomic E-state index is 13.7. The normalized spacial score (nSPS) is 13.8. The summed E-state index contributed by atoms with van der Waals surface area (Å²) in [7, 11) is 0. The van der Waals surface area contributed by atoms with Crippen LogP contribution in [0.25, 0.3) is 5.78 Å². The summed E-state index contributed by atoms with van der Waals surface area (Å²) in [4.78, 5) is 21.7. The standard InChI is InChI=1S/C19H15FIN3O2/c1-2-7-26-15-6-5-12(8-14(15)21)18(25)17-16(11-3-4-11)23-19-22-9-13(20)10-24(17)19/h2,5-6,8-11H,1,3-4,7H2. The SMILES string of the molecule is C=CCOc1ccc(C(=O)c2c(C3CC3)nc3ncc(F)cn23)cc1I. The van der Waals surface area contributed by atoms with Crippen molar-refractivity contribution in [2.45, 2.75) is 18.8 Å². The van der Waals surface area contributed by atoms with E-state index >= 15 is 0 Å². The van der Waals surface area contributed by atoms with E-state index in [0.29, 0.717) is 35.1 Å². The number of carbonyl (C=O) groups is 1. The highest BCUT2D eigenvalue weighted by atomic mass is 127. The van der Waals surface area contributed by atoms with Crippen molar-refractivity contribution in [3.8, 4) is 5.75 Å². The van der Waals surface area contributed by atoms with E-state index < -0.39 is 5.82 Å². The molecule has 1 aromatic carbocycles. The number of ether oxygens (including phenoxy) is 1. The molecule has 4 rings (SSSR count). The number of hydrogen-bond acceptors (Lipinski definition) is 4. The molecule has 0 aliphatic heterocycles. The lowest BCUT2D eigenvalue weighted by Gasteiger charge is -2.09. The van der Waals surface area contributed by atoms with Crippen LogP contribution in [-0.4, -0.2) is 26.8 Å². The van der Waals surface area contributed by atoms with E-state index in [1.165, 1.54) is 10.6 Å². The molecule has 26 heavy (non-hydrogen) atoms. The molecule has 1 aliphatic carbocycles. The largest absolute Gasteiger partial charge is 0.488 e. The van der Waals surface area contributed by atoms with Gasteiger partial charge in [0.15, 0.2) is 5.82 Å². The molecule has 0 atom stereocenters. The smallest absolute Gasteiger partial charge is 0.234 e. The molecule has 0 N–H and O–H groups in total. The van der Waals surface area contributed by atoms with Crippen LogP contribution in [0, 0.1) is 9.39 Å². The van der Waals surface area contributed by atoms with Crippen molar-refractivity contribution >= 4 is 34.2 Å². The lowest BCUT2D eigenvalue weighted by Crippen LogP contribution is -2.09. The highest BCUT2D eigenvalue weighted by molar-refractivity contribution is 14.1. The Hall–Kier alpha value is -2.29. The Labute approximate surface area is 163 Å². The molecule has 1 saturated carbocycles. The minimum absolute atomic E-state index is 0.194. The van der Waals surface area contributed by atoms with E-state index in [4.69, 9.17) is 4.74 Å². The van der Waals surface area contributed by atoms with Gasteiger partial charge < -0.3 is 4.74 Å². The average molecular weight is 463 g/mol. The summed E-state index contributed by atoms with van der Waals surface area (Å²) in [5.74, 6) is 0.578. The van der Waals surface area contributed by atoms with Crippen LogP contribution in [0.1, 0.15) is 40.5 Å². The van der Waals surface area contributed by atoms with Crippen LogP contribution in [0.5, 0.6) is 5.75 Å². The van der Waals surface area contributed by atoms with Crippen molar-refractivity contribution in [1.82, 2.24) is 14.4 Å². The molecule has 1 aliphatic rings. The van der Waals surface area contributed by atoms with E-state index in [1.54, 1.807) is 24.3 Å². The van der Waals surface area contributed by atoms with Gasteiger partial charge in [-0.05, 0) is 53.6 Å². The first kappa shape index (κ1) is 17.1. The van der Waals surface area contributed by atoms with Gasteiger partial charge in [0.25, 0.3) is 0 Å². The number of benzene rings is 1. The molecule has 1 fully saturated rings. The second kappa shape index (κ2) is 6.79. The molecule has 0 amide bonds. The van der Waals surface area contributed by atoms with Gasteiger partial charge in [0.2, 0.25) is 11.6 Å². The molecule has 0 radical (unpaired) electrons. The van der Waals surface area contributed by atoms with Gasteiger partial charge >= 0.3 is 0 Å². The van der Waals surface area contributed by atoms with Crippen LogP contribution in [-0.2, 0) is 0 Å². The Morgan fingerprint density at radius 1 is 1.46 bits per heavy atom. The molecule has 3 aromatic rings. The topological polar surface area (TPSA) is 56.5 Å². The number of nitrogens with zero attached hydrogens (tertiary/aromatic N) is 3. The zero-order valence-electron chi connectivity index (χ0n) is 13.8. The summed E-state index contributed by atoms with van der Waals surface area (Å²) >= 11 is 2.13. The number of fused-ring (bicyclic) bond motifs is 1. The third-order valence-electron chi connectivity index (χ3n) is 4.21. The Balaban J connectivity index is 1.78. The van der Waals surface area contributed by atoms with Gasteiger partial charge in [-0.15, -0.1) is 0 Å². The van der Waals surface area contributed by atoms with Crippen LogP contribution in [0.4, 0.5) is 4.39 Å². The third-order valence-corrected chi connectivity index (χ3v) is 5.05. The van der Waals surface area contributed by atoms with Crippen molar-refractivity contribution < 1.29 is 13.9 Å². The van der Waals surface area contributed by atoms with Crippen molar-refractivity contribution in [1.29, 1.82) is 0 Å². The van der Waals surface area contributed by atoms with Gasteiger partial charge in [-0.3, -0.25) is 9.20 Å². The highest BCUT2D eigenvalue weighted by Crippen LogP contribution is 2.41. The van der Waals surface area contributed by atoms with Gasteiger partial charge in [-0.25, -0.2) is 14.4 Å². The first-order chi connectivity index (χ1) is 12.6. The fourth-order valence-electron chi connectivity index (χ4n) is 2.84. The van der Waals surface area contributed by atoms with Crippen molar-refractivity contribution in [3.63, 3.8) is 0 Å². The fourth-order valence-corrected chi connectivity index (χ4v) is 3.51. The van der Waals surface area contributed by atoms with E-state index in [1.807, 2.05) is 0 Å². The maximum Gasteiger partial charge on any atom is 0.234 e. The molecule has 132 valence electrons. The summed E-state index contributed by atoms with van der Waals surface area (Å²) in [6.45, 7) is 4.02. The van der Waals surface area contributed by atoms with Gasteiger partial charge in [0.1, 0.15) is 18.1 Å². The number of rotatable bonds is 6. The van der Waals surface area contributed by atoms with Crippen molar-refractivity contribution in [2.24, 2.45) is 0 Å². The van der Waals surface area contributed by atoms with Crippen LogP contribution in [0.3, 0.4) is 0 Å². The number of ketones is 1. The molecule has 2 heterocycles. The Morgan fingerprint density at radius 3 is 2.96 bits per heavy atom. The Bertz CT molecular complexity index is 1030. The van der Waals surface area contributed by atoms with Gasteiger partial charge in [-0.1, -0.05) is 12.7 Å². The summed E-state index contributed by atoms with van der Waals surface area (Å²) in [5, 5.41) is 0. The molecule has 0 unspecified atom stereocenters. The number of hydrogen-bond donors (Lipinski definition) is 0. The van der Waals surface area contributed by atoms with Gasteiger partial charge in [0, 0.05) is 11.5 Å². The van der Waals surface area contributed by atoms with Crippen molar-refractivity contribution in [2.75, 3.05) is 6.61 Å². The molecule has 0 spiro atoms. The zero-order chi connectivity index (χ0) is 18.3. The van der Waals surface area contributed by atoms with Gasteiger partial charge in [0.05, 0.1) is 21.7 Å². The quantitative estimate of drug-likeness (QED) is 0.313. The maximum atomic E-state index is 13.7. The molecule has 0 bridgehead atoms. The summed E-state index contributed by atoms with van der Waals surface area (Å²) in [5.41, 5.74) is 1.61. The number of carbonyl (C=O) groups excluding carboxylic acids is 1. The van der Waals surface area contributed by atoms with E-state index in [2.05, 4.69) is 39.1 Å². The lowest BCUT2D eigenvalue weighted by molar-refractivity contribution is 0.103. The fraction of sp³-hybridized carbons (Fsp3) is 0.211. The van der Waals surface area contributed by atoms with Crippen LogP contribution >= 0.6 is 22.6 Å². The summed E-state index contributed by atoms with van der Waals surface area (Å²) < 4.78 is 21.5. The Morgan fingerprint density at radius 2 is 2.27 bits per heavy atom. The molecular weight excluding hydrogens is 448 g/mol. The second-order valence-corrected chi connectivity index (χ2v) is 7.30. The van der Waals surface area contributed by atoms with Crippen molar-refractivity contribution in [3.05, 3.63) is 69.6 Å². The Kier molecular flexibility index (Phi) is 4.47. The van der Waals surface area contributed by atoms with Crippen LogP contribution in [0.2, 0.25) is 0 Å². The van der Waals surface area contributed by atoms with Crippen LogP contribution in [0.15, 0.2) is 43.2 Å².